The van der Waals surface area contributed by atoms with Gasteiger partial charge in [-0.15, -0.1) is 0 Å². The number of furan rings is 1. The number of rotatable bonds is 5. The second-order valence-corrected chi connectivity index (χ2v) is 4.85. The molecule has 4 nitrogen and oxygen atoms in total. The second kappa shape index (κ2) is 5.93. The van der Waals surface area contributed by atoms with Crippen molar-refractivity contribution in [2.24, 2.45) is 0 Å². The minimum absolute atomic E-state index is 0.111. The largest absolute Gasteiger partial charge is 0.460 e. The summed E-state index contributed by atoms with van der Waals surface area (Å²) in [4.78, 5) is 7.28. The van der Waals surface area contributed by atoms with E-state index >= 15 is 0 Å². The third-order valence-corrected chi connectivity index (χ3v) is 3.30. The molecule has 1 aromatic carbocycles. The first-order valence-corrected chi connectivity index (χ1v) is 6.79. The first-order chi connectivity index (χ1) is 10.2. The van der Waals surface area contributed by atoms with Gasteiger partial charge in [0.2, 0.25) is 0 Å². The molecule has 0 aliphatic heterocycles. The molecule has 0 aliphatic carbocycles. The van der Waals surface area contributed by atoms with Crippen LogP contribution in [-0.4, -0.2) is 9.97 Å². The molecule has 0 amide bonds. The Morgan fingerprint density at radius 2 is 2.05 bits per heavy atom. The Morgan fingerprint density at radius 3 is 2.76 bits per heavy atom. The Morgan fingerprint density at radius 1 is 1.24 bits per heavy atom. The maximum absolute atomic E-state index is 12.9. The fourth-order valence-corrected chi connectivity index (χ4v) is 2.11. The van der Waals surface area contributed by atoms with Crippen LogP contribution in [0.3, 0.4) is 0 Å². The summed E-state index contributed by atoms with van der Waals surface area (Å²) in [5, 5.41) is 3.33. The normalized spacial score (nSPS) is 12.5. The molecule has 0 aliphatic rings. The standard InChI is InChI=1S/C16H16FN3O/c1-11(16-18-8-9-19-16)20-10-14-6-7-15(21-14)12-2-4-13(17)5-3-12/h2-9,11,20H,10H2,1H3,(H,18,19). The van der Waals surface area contributed by atoms with Gasteiger partial charge in [0.15, 0.2) is 0 Å². The zero-order chi connectivity index (χ0) is 14.7. The number of aromatic nitrogens is 2. The molecule has 1 atom stereocenters. The molecule has 0 saturated carbocycles. The smallest absolute Gasteiger partial charge is 0.134 e. The van der Waals surface area contributed by atoms with Crippen LogP contribution >= 0.6 is 0 Å². The predicted octanol–water partition coefficient (Wildman–Crippen LogP) is 3.66. The molecule has 5 heteroatoms. The summed E-state index contributed by atoms with van der Waals surface area (Å²) < 4.78 is 18.7. The molecule has 0 radical (unpaired) electrons. The third kappa shape index (κ3) is 3.20. The van der Waals surface area contributed by atoms with Gasteiger partial charge in [0.1, 0.15) is 23.2 Å². The van der Waals surface area contributed by atoms with E-state index in [2.05, 4.69) is 15.3 Å². The van der Waals surface area contributed by atoms with Gasteiger partial charge >= 0.3 is 0 Å². The van der Waals surface area contributed by atoms with Crippen LogP contribution in [0.5, 0.6) is 0 Å². The third-order valence-electron chi connectivity index (χ3n) is 3.30. The highest BCUT2D eigenvalue weighted by Crippen LogP contribution is 2.22. The summed E-state index contributed by atoms with van der Waals surface area (Å²) in [7, 11) is 0. The summed E-state index contributed by atoms with van der Waals surface area (Å²) >= 11 is 0. The van der Waals surface area contributed by atoms with Crippen LogP contribution in [-0.2, 0) is 6.54 Å². The molecule has 1 unspecified atom stereocenters. The van der Waals surface area contributed by atoms with E-state index in [9.17, 15) is 4.39 Å². The fourth-order valence-electron chi connectivity index (χ4n) is 2.11. The maximum Gasteiger partial charge on any atom is 0.134 e. The van der Waals surface area contributed by atoms with E-state index in [-0.39, 0.29) is 11.9 Å². The van der Waals surface area contributed by atoms with Crippen molar-refractivity contribution in [2.45, 2.75) is 19.5 Å². The van der Waals surface area contributed by atoms with Crippen molar-refractivity contribution in [3.63, 3.8) is 0 Å². The Bertz CT molecular complexity index is 689. The van der Waals surface area contributed by atoms with Crippen LogP contribution < -0.4 is 5.32 Å². The number of hydrogen-bond acceptors (Lipinski definition) is 3. The van der Waals surface area contributed by atoms with Crippen molar-refractivity contribution in [1.82, 2.24) is 15.3 Å². The predicted molar refractivity (Wildman–Crippen MR) is 77.9 cm³/mol. The lowest BCUT2D eigenvalue weighted by Crippen LogP contribution is -2.18. The fraction of sp³-hybridized carbons (Fsp3) is 0.188. The Balaban J connectivity index is 1.64. The topological polar surface area (TPSA) is 53.9 Å². The molecule has 3 rings (SSSR count). The van der Waals surface area contributed by atoms with Crippen LogP contribution in [0.1, 0.15) is 24.6 Å². The van der Waals surface area contributed by atoms with E-state index in [1.807, 2.05) is 19.1 Å². The highest BCUT2D eigenvalue weighted by molar-refractivity contribution is 5.57. The highest BCUT2D eigenvalue weighted by Gasteiger charge is 2.09. The Hall–Kier alpha value is -2.40. The molecule has 0 saturated heterocycles. The number of H-pyrrole nitrogens is 1. The number of hydrogen-bond donors (Lipinski definition) is 2. The van der Waals surface area contributed by atoms with E-state index in [0.29, 0.717) is 6.54 Å². The lowest BCUT2D eigenvalue weighted by Gasteiger charge is -2.09. The van der Waals surface area contributed by atoms with E-state index in [0.717, 1.165) is 22.9 Å². The highest BCUT2D eigenvalue weighted by atomic mass is 19.1. The molecule has 21 heavy (non-hydrogen) atoms. The van der Waals surface area contributed by atoms with Crippen molar-refractivity contribution in [2.75, 3.05) is 0 Å². The zero-order valence-corrected chi connectivity index (χ0v) is 11.6. The van der Waals surface area contributed by atoms with Crippen LogP contribution in [0.2, 0.25) is 0 Å². The summed E-state index contributed by atoms with van der Waals surface area (Å²) in [6.45, 7) is 2.63. The summed E-state index contributed by atoms with van der Waals surface area (Å²) in [5.74, 6) is 2.20. The molecule has 2 heterocycles. The van der Waals surface area contributed by atoms with Gasteiger partial charge in [-0.25, -0.2) is 9.37 Å². The molecule has 2 aromatic heterocycles. The summed E-state index contributed by atoms with van der Waals surface area (Å²) in [6, 6.07) is 10.2. The lowest BCUT2D eigenvalue weighted by atomic mass is 10.2. The SMILES string of the molecule is CC(NCc1ccc(-c2ccc(F)cc2)o1)c1ncc[nH]1. The van der Waals surface area contributed by atoms with Gasteiger partial charge < -0.3 is 14.7 Å². The van der Waals surface area contributed by atoms with Gasteiger partial charge in [0.05, 0.1) is 12.6 Å². The van der Waals surface area contributed by atoms with E-state index in [4.69, 9.17) is 4.42 Å². The number of imidazole rings is 1. The lowest BCUT2D eigenvalue weighted by molar-refractivity contribution is 0.461. The Kier molecular flexibility index (Phi) is 3.83. The minimum Gasteiger partial charge on any atom is -0.460 e. The van der Waals surface area contributed by atoms with Crippen LogP contribution in [0.4, 0.5) is 4.39 Å². The van der Waals surface area contributed by atoms with Crippen LogP contribution in [0, 0.1) is 5.82 Å². The number of halogens is 1. The molecule has 3 aromatic rings. The molecule has 0 spiro atoms. The number of nitrogens with zero attached hydrogens (tertiary/aromatic N) is 1. The van der Waals surface area contributed by atoms with Gasteiger partial charge in [-0.3, -0.25) is 0 Å². The van der Waals surface area contributed by atoms with Crippen LogP contribution in [0.25, 0.3) is 11.3 Å². The van der Waals surface area contributed by atoms with E-state index in [1.54, 1.807) is 24.5 Å². The second-order valence-electron chi connectivity index (χ2n) is 4.85. The summed E-state index contributed by atoms with van der Waals surface area (Å²) in [5.41, 5.74) is 0.863. The molecule has 0 bridgehead atoms. The molecular weight excluding hydrogens is 269 g/mol. The molecule has 2 N–H and O–H groups in total. The average Bonchev–Trinajstić information content (AvgIpc) is 3.17. The molecule has 0 fully saturated rings. The molecule has 108 valence electrons. The van der Waals surface area contributed by atoms with E-state index < -0.39 is 0 Å². The number of benzene rings is 1. The average molecular weight is 285 g/mol. The van der Waals surface area contributed by atoms with Crippen molar-refractivity contribution in [1.29, 1.82) is 0 Å². The van der Waals surface area contributed by atoms with Gasteiger partial charge in [-0.1, -0.05) is 0 Å². The minimum atomic E-state index is -0.250. The van der Waals surface area contributed by atoms with Gasteiger partial charge in [0, 0.05) is 18.0 Å². The van der Waals surface area contributed by atoms with Gasteiger partial charge in [0.25, 0.3) is 0 Å². The number of nitrogens with one attached hydrogen (secondary N) is 2. The van der Waals surface area contributed by atoms with Crippen molar-refractivity contribution in [3.05, 3.63) is 66.2 Å². The van der Waals surface area contributed by atoms with E-state index in [1.165, 1.54) is 12.1 Å². The molecular formula is C16H16FN3O. The monoisotopic (exact) mass is 285 g/mol. The first-order valence-electron chi connectivity index (χ1n) is 6.79. The Labute approximate surface area is 122 Å². The quantitative estimate of drug-likeness (QED) is 0.752. The van der Waals surface area contributed by atoms with Gasteiger partial charge in [-0.05, 0) is 43.3 Å². The number of aromatic amines is 1. The summed E-state index contributed by atoms with van der Waals surface area (Å²) in [6.07, 6.45) is 3.53. The first kappa shape index (κ1) is 13.6. The van der Waals surface area contributed by atoms with Crippen molar-refractivity contribution >= 4 is 0 Å². The van der Waals surface area contributed by atoms with Crippen LogP contribution in [0.15, 0.2) is 53.2 Å². The van der Waals surface area contributed by atoms with Crippen molar-refractivity contribution < 1.29 is 8.81 Å². The van der Waals surface area contributed by atoms with Gasteiger partial charge in [-0.2, -0.15) is 0 Å². The maximum atomic E-state index is 12.9. The zero-order valence-electron chi connectivity index (χ0n) is 11.6. The van der Waals surface area contributed by atoms with Crippen molar-refractivity contribution in [3.8, 4) is 11.3 Å².